The molecule has 2 heterocycles. The Morgan fingerprint density at radius 2 is 2.14 bits per heavy atom. The second-order valence-electron chi connectivity index (χ2n) is 6.68. The Morgan fingerprint density at radius 3 is 2.67 bits per heavy atom. The Balaban J connectivity index is 1.80. The molecule has 1 N–H and O–H groups in total. The molecule has 1 saturated heterocycles. The van der Waals surface area contributed by atoms with Gasteiger partial charge in [0, 0.05) is 12.6 Å². The Morgan fingerprint density at radius 1 is 1.43 bits per heavy atom. The lowest BCUT2D eigenvalue weighted by Crippen LogP contribution is -2.33. The lowest BCUT2D eigenvalue weighted by Gasteiger charge is -2.23. The average molecular weight is 292 g/mol. The molecule has 1 amide bonds. The second-order valence-corrected chi connectivity index (χ2v) is 6.68. The molecule has 3 atom stereocenters. The summed E-state index contributed by atoms with van der Waals surface area (Å²) >= 11 is 0. The molecule has 21 heavy (non-hydrogen) atoms. The van der Waals surface area contributed by atoms with E-state index in [4.69, 9.17) is 4.52 Å². The summed E-state index contributed by atoms with van der Waals surface area (Å²) in [6.45, 7) is 6.19. The maximum absolute atomic E-state index is 12.7. The number of nitrogens with zero attached hydrogens (tertiary/aromatic N) is 2. The fourth-order valence-electron chi connectivity index (χ4n) is 3.60. The fraction of sp³-hybridized carbons (Fsp3) is 0.667. The highest BCUT2D eigenvalue weighted by Crippen LogP contribution is 2.59. The van der Waals surface area contributed by atoms with Gasteiger partial charge in [0.25, 0.3) is 0 Å². The Bertz CT molecular complexity index is 592. The van der Waals surface area contributed by atoms with Crippen LogP contribution >= 0.6 is 0 Å². The number of hydrogen-bond donors (Lipinski definition) is 1. The maximum atomic E-state index is 12.7. The molecule has 1 unspecified atom stereocenters. The highest BCUT2D eigenvalue weighted by Gasteiger charge is 2.67. The standard InChI is InChI=1S/C15H20N2O4/c1-8-7-10(21-16-8)9-5-4-6-17(9)13(18)11-12(14(19)20)15(11,2)3/h7,9,11-12H,4-6H2,1-3H3,(H,19,20)/t9?,11-,12+/m1/s1. The number of carbonyl (C=O) groups excluding carboxylic acids is 1. The van der Waals surface area contributed by atoms with E-state index in [2.05, 4.69) is 5.16 Å². The Labute approximate surface area is 123 Å². The maximum Gasteiger partial charge on any atom is 0.307 e. The van der Waals surface area contributed by atoms with E-state index >= 15 is 0 Å². The summed E-state index contributed by atoms with van der Waals surface area (Å²) in [5.41, 5.74) is 0.326. The van der Waals surface area contributed by atoms with E-state index in [-0.39, 0.29) is 11.9 Å². The molecular weight excluding hydrogens is 272 g/mol. The second kappa shape index (κ2) is 4.58. The van der Waals surface area contributed by atoms with Crippen LogP contribution in [0.5, 0.6) is 0 Å². The van der Waals surface area contributed by atoms with Crippen LogP contribution in [0.4, 0.5) is 0 Å². The number of aryl methyl sites for hydroxylation is 1. The number of carboxylic acid groups (broad SMARTS) is 1. The molecule has 2 fully saturated rings. The van der Waals surface area contributed by atoms with Crippen LogP contribution in [0.15, 0.2) is 10.6 Å². The molecule has 0 radical (unpaired) electrons. The van der Waals surface area contributed by atoms with Gasteiger partial charge in [0.15, 0.2) is 5.76 Å². The summed E-state index contributed by atoms with van der Waals surface area (Å²) in [6, 6.07) is 1.74. The first-order chi connectivity index (χ1) is 9.84. The van der Waals surface area contributed by atoms with Gasteiger partial charge in [-0.25, -0.2) is 0 Å². The van der Waals surface area contributed by atoms with Crippen molar-refractivity contribution in [2.75, 3.05) is 6.54 Å². The molecule has 3 rings (SSSR count). The smallest absolute Gasteiger partial charge is 0.307 e. The number of amides is 1. The van der Waals surface area contributed by atoms with E-state index in [1.165, 1.54) is 0 Å². The molecule has 1 aliphatic carbocycles. The third-order valence-electron chi connectivity index (χ3n) is 4.87. The van der Waals surface area contributed by atoms with Crippen molar-refractivity contribution in [3.8, 4) is 0 Å². The van der Waals surface area contributed by atoms with E-state index in [0.717, 1.165) is 18.5 Å². The zero-order valence-corrected chi connectivity index (χ0v) is 12.5. The van der Waals surface area contributed by atoms with Crippen LogP contribution in [0.1, 0.15) is 44.2 Å². The molecule has 1 aromatic heterocycles. The first-order valence-corrected chi connectivity index (χ1v) is 7.30. The van der Waals surface area contributed by atoms with Gasteiger partial charge in [-0.3, -0.25) is 9.59 Å². The summed E-state index contributed by atoms with van der Waals surface area (Å²) in [4.78, 5) is 25.8. The van der Waals surface area contributed by atoms with Crippen LogP contribution < -0.4 is 0 Å². The van der Waals surface area contributed by atoms with Crippen LogP contribution in [0, 0.1) is 24.2 Å². The van der Waals surface area contributed by atoms with Gasteiger partial charge in [0.2, 0.25) is 5.91 Å². The molecule has 0 aromatic carbocycles. The number of hydrogen-bond acceptors (Lipinski definition) is 4. The number of rotatable bonds is 3. The molecular formula is C15H20N2O4. The van der Waals surface area contributed by atoms with Gasteiger partial charge in [-0.2, -0.15) is 0 Å². The largest absolute Gasteiger partial charge is 0.481 e. The van der Waals surface area contributed by atoms with E-state index in [0.29, 0.717) is 12.3 Å². The molecule has 0 bridgehead atoms. The summed E-state index contributed by atoms with van der Waals surface area (Å²) in [5.74, 6) is -1.26. The SMILES string of the molecule is Cc1cc(C2CCCN2C(=O)[C@H]2[C@@H](C(=O)O)C2(C)C)on1. The van der Waals surface area contributed by atoms with Gasteiger partial charge in [-0.05, 0) is 25.2 Å². The van der Waals surface area contributed by atoms with E-state index < -0.39 is 23.2 Å². The lowest BCUT2D eigenvalue weighted by atomic mass is 10.1. The van der Waals surface area contributed by atoms with Gasteiger partial charge >= 0.3 is 5.97 Å². The number of carboxylic acids is 1. The van der Waals surface area contributed by atoms with Gasteiger partial charge in [0.1, 0.15) is 0 Å². The average Bonchev–Trinajstić information content (AvgIpc) is 2.80. The quantitative estimate of drug-likeness (QED) is 0.921. The molecule has 1 aliphatic heterocycles. The van der Waals surface area contributed by atoms with Gasteiger partial charge in [-0.15, -0.1) is 0 Å². The first kappa shape index (κ1) is 14.1. The van der Waals surface area contributed by atoms with Crippen molar-refractivity contribution in [2.45, 2.75) is 39.7 Å². The molecule has 114 valence electrons. The topological polar surface area (TPSA) is 83.6 Å². The van der Waals surface area contributed by atoms with Crippen molar-refractivity contribution in [1.82, 2.24) is 10.1 Å². The highest BCUT2D eigenvalue weighted by atomic mass is 16.5. The highest BCUT2D eigenvalue weighted by molar-refractivity contribution is 5.92. The minimum Gasteiger partial charge on any atom is -0.481 e. The molecule has 2 aliphatic rings. The van der Waals surface area contributed by atoms with Crippen molar-refractivity contribution >= 4 is 11.9 Å². The van der Waals surface area contributed by atoms with Gasteiger partial charge < -0.3 is 14.5 Å². The minimum absolute atomic E-state index is 0.0658. The van der Waals surface area contributed by atoms with Crippen molar-refractivity contribution in [3.05, 3.63) is 17.5 Å². The predicted octanol–water partition coefficient (Wildman–Crippen LogP) is 2.00. The number of carbonyl (C=O) groups is 2. The number of aromatic nitrogens is 1. The van der Waals surface area contributed by atoms with Crippen molar-refractivity contribution < 1.29 is 19.2 Å². The molecule has 6 heteroatoms. The lowest BCUT2D eigenvalue weighted by molar-refractivity contribution is -0.142. The van der Waals surface area contributed by atoms with E-state index in [9.17, 15) is 14.7 Å². The Kier molecular flexibility index (Phi) is 3.07. The summed E-state index contributed by atoms with van der Waals surface area (Å²) in [5, 5.41) is 13.1. The zero-order valence-electron chi connectivity index (χ0n) is 12.5. The predicted molar refractivity (Wildman–Crippen MR) is 73.3 cm³/mol. The van der Waals surface area contributed by atoms with Crippen molar-refractivity contribution in [2.24, 2.45) is 17.3 Å². The monoisotopic (exact) mass is 292 g/mol. The molecule has 6 nitrogen and oxygen atoms in total. The van der Waals surface area contributed by atoms with Gasteiger partial charge in [-0.1, -0.05) is 19.0 Å². The van der Waals surface area contributed by atoms with Crippen molar-refractivity contribution in [1.29, 1.82) is 0 Å². The van der Waals surface area contributed by atoms with Crippen molar-refractivity contribution in [3.63, 3.8) is 0 Å². The van der Waals surface area contributed by atoms with E-state index in [1.807, 2.05) is 26.8 Å². The Hall–Kier alpha value is -1.85. The van der Waals surface area contributed by atoms with Gasteiger partial charge in [0.05, 0.1) is 23.6 Å². The molecule has 0 spiro atoms. The van der Waals surface area contributed by atoms with E-state index in [1.54, 1.807) is 4.90 Å². The van der Waals surface area contributed by atoms with Crippen LogP contribution in [0.3, 0.4) is 0 Å². The van der Waals surface area contributed by atoms with Crippen LogP contribution in [0.25, 0.3) is 0 Å². The first-order valence-electron chi connectivity index (χ1n) is 7.30. The normalized spacial score (nSPS) is 30.4. The number of likely N-dealkylation sites (tertiary alicyclic amines) is 1. The zero-order chi connectivity index (χ0) is 15.4. The summed E-state index contributed by atoms with van der Waals surface area (Å²) in [7, 11) is 0. The third kappa shape index (κ3) is 2.13. The third-order valence-corrected chi connectivity index (χ3v) is 4.87. The number of aliphatic carboxylic acids is 1. The summed E-state index contributed by atoms with van der Waals surface area (Å²) < 4.78 is 5.29. The summed E-state index contributed by atoms with van der Waals surface area (Å²) in [6.07, 6.45) is 1.74. The van der Waals surface area contributed by atoms with Crippen LogP contribution in [-0.2, 0) is 9.59 Å². The van der Waals surface area contributed by atoms with Crippen LogP contribution in [0.2, 0.25) is 0 Å². The minimum atomic E-state index is -0.885. The van der Waals surface area contributed by atoms with Crippen LogP contribution in [-0.4, -0.2) is 33.6 Å². The molecule has 1 saturated carbocycles. The fourth-order valence-corrected chi connectivity index (χ4v) is 3.60. The molecule has 1 aromatic rings.